The third-order valence-corrected chi connectivity index (χ3v) is 15.8. The highest BCUT2D eigenvalue weighted by molar-refractivity contribution is 7.55. The summed E-state index contributed by atoms with van der Waals surface area (Å²) in [5.74, 6) is -1.08. The minimum Gasteiger partial charge on any atom is -0.407 e. The van der Waals surface area contributed by atoms with Crippen LogP contribution in [0.15, 0.2) is 60.7 Å². The lowest BCUT2D eigenvalue weighted by molar-refractivity contribution is 0.0851. The van der Waals surface area contributed by atoms with E-state index in [1.165, 1.54) is 10.4 Å². The number of hydrogen-bond acceptors (Lipinski definition) is 8. The second-order valence-electron chi connectivity index (χ2n) is 10.6. The zero-order valence-electron chi connectivity index (χ0n) is 25.9. The molecule has 0 aromatic heterocycles. The maximum absolute atomic E-state index is 13.7. The lowest BCUT2D eigenvalue weighted by atomic mass is 10.2. The van der Waals surface area contributed by atoms with E-state index in [0.29, 0.717) is 19.4 Å². The molecule has 0 aliphatic rings. The van der Waals surface area contributed by atoms with Gasteiger partial charge in [0.05, 0.1) is 26.4 Å². The summed E-state index contributed by atoms with van der Waals surface area (Å²) in [6.07, 6.45) is 2.51. The summed E-state index contributed by atoms with van der Waals surface area (Å²) < 4.78 is 61.3. The van der Waals surface area contributed by atoms with Crippen molar-refractivity contribution in [3.63, 3.8) is 0 Å². The summed E-state index contributed by atoms with van der Waals surface area (Å²) in [5.41, 5.74) is 0. The van der Waals surface area contributed by atoms with Crippen LogP contribution >= 0.6 is 15.4 Å². The summed E-state index contributed by atoms with van der Waals surface area (Å²) >= 11 is 0. The molecule has 2 aromatic carbocycles. The summed E-state index contributed by atoms with van der Waals surface area (Å²) in [4.78, 5) is 0. The fourth-order valence-corrected chi connectivity index (χ4v) is 13.3. The molecule has 0 N–H and O–H groups in total. The Morgan fingerprint density at radius 1 is 0.683 bits per heavy atom. The molecule has 41 heavy (non-hydrogen) atoms. The van der Waals surface area contributed by atoms with Crippen LogP contribution in [0.25, 0.3) is 0 Å². The first-order chi connectivity index (χ1) is 19.5. The van der Waals surface area contributed by atoms with Gasteiger partial charge in [-0.15, -0.1) is 0 Å². The number of phosphoric ester groups is 1. The standard InChI is InChI=1S/C30H50O8P2Si/c1-8-33-39(31,34-9-2)29(38-40(32,35-10-3)36-11-4)25-19-14-20-26-37-41(30(5,6)7,27-21-15-12-16-22-27)28-23-17-13-18-24-28/h12-13,15-18,21-24,29H,8-11,14,19-20,25-26H2,1-7H3. The van der Waals surface area contributed by atoms with Crippen LogP contribution in [0.3, 0.4) is 0 Å². The molecule has 1 atom stereocenters. The van der Waals surface area contributed by atoms with Crippen LogP contribution in [0.2, 0.25) is 5.04 Å². The minimum absolute atomic E-state index is 0.101. The van der Waals surface area contributed by atoms with Gasteiger partial charge in [-0.2, -0.15) is 0 Å². The number of unbranched alkanes of at least 4 members (excludes halogenated alkanes) is 2. The van der Waals surface area contributed by atoms with Gasteiger partial charge < -0.3 is 13.5 Å². The summed E-state index contributed by atoms with van der Waals surface area (Å²) in [7, 11) is -10.3. The van der Waals surface area contributed by atoms with E-state index in [2.05, 4.69) is 69.3 Å². The quantitative estimate of drug-likeness (QED) is 0.0830. The molecule has 0 saturated heterocycles. The minimum atomic E-state index is -3.94. The monoisotopic (exact) mass is 628 g/mol. The van der Waals surface area contributed by atoms with Crippen molar-refractivity contribution in [3.8, 4) is 0 Å². The number of hydrogen-bond donors (Lipinski definition) is 0. The van der Waals surface area contributed by atoms with Crippen LogP contribution in [-0.2, 0) is 36.2 Å². The number of rotatable bonds is 20. The molecule has 2 aromatic rings. The van der Waals surface area contributed by atoms with Crippen molar-refractivity contribution < 1.29 is 36.2 Å². The molecule has 0 bridgehead atoms. The normalized spacial score (nSPS) is 13.8. The Labute approximate surface area is 248 Å². The van der Waals surface area contributed by atoms with Gasteiger partial charge in [0, 0.05) is 6.61 Å². The predicted molar refractivity (Wildman–Crippen MR) is 169 cm³/mol. The first kappa shape index (κ1) is 36.1. The van der Waals surface area contributed by atoms with E-state index in [1.807, 2.05) is 12.1 Å². The van der Waals surface area contributed by atoms with Crippen molar-refractivity contribution in [1.82, 2.24) is 0 Å². The maximum atomic E-state index is 13.7. The van der Waals surface area contributed by atoms with Crippen molar-refractivity contribution >= 4 is 34.1 Å². The third kappa shape index (κ3) is 9.95. The Morgan fingerprint density at radius 3 is 1.56 bits per heavy atom. The van der Waals surface area contributed by atoms with Gasteiger partial charge in [-0.25, -0.2) is 4.57 Å². The molecule has 0 aliphatic heterocycles. The van der Waals surface area contributed by atoms with E-state index < -0.39 is 29.6 Å². The highest BCUT2D eigenvalue weighted by Crippen LogP contribution is 2.62. The molecule has 0 spiro atoms. The van der Waals surface area contributed by atoms with E-state index in [0.717, 1.165) is 12.8 Å². The van der Waals surface area contributed by atoms with Crippen molar-refractivity contribution in [3.05, 3.63) is 60.7 Å². The van der Waals surface area contributed by atoms with Gasteiger partial charge in [-0.1, -0.05) is 94.3 Å². The van der Waals surface area contributed by atoms with Gasteiger partial charge in [-0.05, 0) is 55.9 Å². The summed E-state index contributed by atoms with van der Waals surface area (Å²) in [6.45, 7) is 14.8. The molecule has 8 nitrogen and oxygen atoms in total. The van der Waals surface area contributed by atoms with E-state index >= 15 is 0 Å². The second kappa shape index (κ2) is 17.2. The molecule has 0 amide bonds. The molecule has 0 heterocycles. The van der Waals surface area contributed by atoms with Gasteiger partial charge in [0.15, 0.2) is 5.85 Å². The Kier molecular flexibility index (Phi) is 15.2. The third-order valence-electron chi connectivity index (χ3n) is 6.63. The van der Waals surface area contributed by atoms with Crippen LogP contribution in [-0.4, -0.2) is 47.2 Å². The zero-order valence-corrected chi connectivity index (χ0v) is 28.7. The highest BCUT2D eigenvalue weighted by atomic mass is 31.2. The number of benzene rings is 2. The molecular formula is C30H50O8P2Si. The Balaban J connectivity index is 2.18. The SMILES string of the molecule is CCOP(=O)(OCC)OC(CCCCCO[Si](c1ccccc1)(c1ccccc1)C(C)(C)C)P(=O)(OCC)OCC. The topological polar surface area (TPSA) is 89.5 Å². The summed E-state index contributed by atoms with van der Waals surface area (Å²) in [5, 5.41) is 2.38. The molecule has 0 aliphatic carbocycles. The first-order valence-electron chi connectivity index (χ1n) is 14.7. The van der Waals surface area contributed by atoms with E-state index in [1.54, 1.807) is 27.7 Å². The lowest BCUT2D eigenvalue weighted by Gasteiger charge is -2.43. The second-order valence-corrected chi connectivity index (χ2v) is 18.7. The molecule has 232 valence electrons. The number of phosphoric acid groups is 1. The molecule has 0 radical (unpaired) electrons. The van der Waals surface area contributed by atoms with E-state index in [9.17, 15) is 9.13 Å². The Morgan fingerprint density at radius 2 is 1.15 bits per heavy atom. The van der Waals surface area contributed by atoms with Crippen LogP contribution in [0.5, 0.6) is 0 Å². The fraction of sp³-hybridized carbons (Fsp3) is 0.600. The molecule has 0 fully saturated rings. The molecular weight excluding hydrogens is 578 g/mol. The van der Waals surface area contributed by atoms with Crippen molar-refractivity contribution in [2.75, 3.05) is 33.0 Å². The van der Waals surface area contributed by atoms with Crippen molar-refractivity contribution in [1.29, 1.82) is 0 Å². The largest absolute Gasteiger partial charge is 0.475 e. The Hall–Kier alpha value is -1.12. The van der Waals surface area contributed by atoms with Gasteiger partial charge in [0.25, 0.3) is 8.32 Å². The first-order valence-corrected chi connectivity index (χ1v) is 19.7. The van der Waals surface area contributed by atoms with Crippen LogP contribution in [0.1, 0.15) is 74.1 Å². The van der Waals surface area contributed by atoms with Crippen LogP contribution < -0.4 is 10.4 Å². The van der Waals surface area contributed by atoms with Gasteiger partial charge in [0.2, 0.25) is 0 Å². The van der Waals surface area contributed by atoms with Gasteiger partial charge in [-0.3, -0.25) is 18.1 Å². The van der Waals surface area contributed by atoms with Crippen molar-refractivity contribution in [2.45, 2.75) is 85.0 Å². The molecule has 0 saturated carbocycles. The van der Waals surface area contributed by atoms with Crippen LogP contribution in [0, 0.1) is 0 Å². The smallest absolute Gasteiger partial charge is 0.407 e. The predicted octanol–water partition coefficient (Wildman–Crippen LogP) is 7.91. The molecule has 1 unspecified atom stereocenters. The van der Waals surface area contributed by atoms with Crippen LogP contribution in [0.4, 0.5) is 0 Å². The van der Waals surface area contributed by atoms with Gasteiger partial charge in [0.1, 0.15) is 0 Å². The average Bonchev–Trinajstić information content (AvgIpc) is 2.93. The fourth-order valence-electron chi connectivity index (χ4n) is 4.98. The lowest BCUT2D eigenvalue weighted by Crippen LogP contribution is -2.66. The average molecular weight is 629 g/mol. The van der Waals surface area contributed by atoms with Crippen molar-refractivity contribution in [2.24, 2.45) is 0 Å². The molecule has 2 rings (SSSR count). The maximum Gasteiger partial charge on any atom is 0.475 e. The van der Waals surface area contributed by atoms with Gasteiger partial charge >= 0.3 is 15.4 Å². The summed E-state index contributed by atoms with van der Waals surface area (Å²) in [6, 6.07) is 21.1. The van der Waals surface area contributed by atoms with E-state index in [4.69, 9.17) is 27.0 Å². The Bertz CT molecular complexity index is 1040. The highest BCUT2D eigenvalue weighted by Gasteiger charge is 2.50. The van der Waals surface area contributed by atoms with E-state index in [-0.39, 0.29) is 31.5 Å². The molecule has 11 heteroatoms. The zero-order chi connectivity index (χ0) is 30.4.